The fraction of sp³-hybridized carbons (Fsp3) is 0.294. The molecule has 0 unspecified atom stereocenters. The van der Waals surface area contributed by atoms with E-state index < -0.39 is 0 Å². The van der Waals surface area contributed by atoms with E-state index in [-0.39, 0.29) is 0 Å². The van der Waals surface area contributed by atoms with Crippen molar-refractivity contribution in [1.29, 1.82) is 0 Å². The molecule has 106 valence electrons. The highest BCUT2D eigenvalue weighted by Gasteiger charge is 2.07. The Kier molecular flexibility index (Phi) is 5.62. The molecule has 0 atom stereocenters. The summed E-state index contributed by atoms with van der Waals surface area (Å²) in [5.74, 6) is 1.81. The van der Waals surface area contributed by atoms with Gasteiger partial charge in [0.05, 0.1) is 0 Å². The van der Waals surface area contributed by atoms with Crippen molar-refractivity contribution in [1.82, 2.24) is 5.32 Å². The van der Waals surface area contributed by atoms with Crippen molar-refractivity contribution in [2.24, 2.45) is 0 Å². The van der Waals surface area contributed by atoms with E-state index in [0.29, 0.717) is 0 Å². The van der Waals surface area contributed by atoms with Crippen LogP contribution in [-0.4, -0.2) is 6.54 Å². The lowest BCUT2D eigenvalue weighted by Gasteiger charge is -2.14. The van der Waals surface area contributed by atoms with Crippen LogP contribution in [-0.2, 0) is 6.54 Å². The summed E-state index contributed by atoms with van der Waals surface area (Å²) in [6.45, 7) is 6.06. The van der Waals surface area contributed by atoms with E-state index in [2.05, 4.69) is 47.2 Å². The molecular formula is C17H20BrNO. The largest absolute Gasteiger partial charge is 0.457 e. The van der Waals surface area contributed by atoms with Gasteiger partial charge in [0.25, 0.3) is 0 Å². The predicted octanol–water partition coefficient (Wildman–Crippen LogP) is 5.05. The van der Waals surface area contributed by atoms with Gasteiger partial charge in [0.15, 0.2) is 0 Å². The zero-order valence-corrected chi connectivity index (χ0v) is 13.5. The first-order chi connectivity index (χ1) is 9.70. The Morgan fingerprint density at radius 1 is 1.10 bits per heavy atom. The summed E-state index contributed by atoms with van der Waals surface area (Å²) in [5.41, 5.74) is 2.31. The number of hydrogen-bond acceptors (Lipinski definition) is 2. The third kappa shape index (κ3) is 4.09. The van der Waals surface area contributed by atoms with Crippen molar-refractivity contribution >= 4 is 15.9 Å². The smallest absolute Gasteiger partial charge is 0.133 e. The molecule has 0 heterocycles. The summed E-state index contributed by atoms with van der Waals surface area (Å²) >= 11 is 3.51. The Morgan fingerprint density at radius 3 is 2.65 bits per heavy atom. The molecule has 20 heavy (non-hydrogen) atoms. The van der Waals surface area contributed by atoms with Crippen molar-refractivity contribution in [2.45, 2.75) is 26.8 Å². The van der Waals surface area contributed by atoms with Crippen molar-refractivity contribution in [3.8, 4) is 11.5 Å². The van der Waals surface area contributed by atoms with E-state index in [1.807, 2.05) is 30.3 Å². The zero-order valence-electron chi connectivity index (χ0n) is 11.9. The number of rotatable bonds is 6. The van der Waals surface area contributed by atoms with E-state index in [4.69, 9.17) is 4.74 Å². The monoisotopic (exact) mass is 333 g/mol. The van der Waals surface area contributed by atoms with Crippen LogP contribution >= 0.6 is 15.9 Å². The molecule has 0 saturated heterocycles. The van der Waals surface area contributed by atoms with Crippen LogP contribution in [0.5, 0.6) is 11.5 Å². The minimum Gasteiger partial charge on any atom is -0.457 e. The van der Waals surface area contributed by atoms with Crippen molar-refractivity contribution in [2.75, 3.05) is 6.54 Å². The summed E-state index contributed by atoms with van der Waals surface area (Å²) < 4.78 is 7.11. The lowest BCUT2D eigenvalue weighted by molar-refractivity contribution is 0.469. The highest BCUT2D eigenvalue weighted by atomic mass is 79.9. The minimum atomic E-state index is 0.822. The molecule has 0 aliphatic carbocycles. The van der Waals surface area contributed by atoms with E-state index >= 15 is 0 Å². The highest BCUT2D eigenvalue weighted by Crippen LogP contribution is 2.30. The maximum atomic E-state index is 6.08. The average molecular weight is 334 g/mol. The van der Waals surface area contributed by atoms with Gasteiger partial charge in [-0.1, -0.05) is 47.1 Å². The molecule has 0 aromatic heterocycles. The number of nitrogens with one attached hydrogen (secondary N) is 1. The Hall–Kier alpha value is -1.32. The molecule has 0 spiro atoms. The van der Waals surface area contributed by atoms with E-state index in [1.165, 1.54) is 5.56 Å². The second kappa shape index (κ2) is 7.46. The topological polar surface area (TPSA) is 21.3 Å². The van der Waals surface area contributed by atoms with Gasteiger partial charge in [0.1, 0.15) is 11.5 Å². The van der Waals surface area contributed by atoms with E-state index in [0.717, 1.165) is 41.0 Å². The molecule has 0 bridgehead atoms. The summed E-state index contributed by atoms with van der Waals surface area (Å²) in [5, 5.41) is 3.42. The minimum absolute atomic E-state index is 0.822. The second-order valence-corrected chi connectivity index (χ2v) is 5.71. The quantitative estimate of drug-likeness (QED) is 0.747. The lowest BCUT2D eigenvalue weighted by Crippen LogP contribution is -2.14. The summed E-state index contributed by atoms with van der Waals surface area (Å²) in [7, 11) is 0. The third-order valence-corrected chi connectivity index (χ3v) is 3.58. The molecule has 2 aromatic carbocycles. The molecule has 0 fully saturated rings. The Balaban J connectivity index is 2.21. The number of hydrogen-bond donors (Lipinski definition) is 1. The molecule has 2 nitrogen and oxygen atoms in total. The summed E-state index contributed by atoms with van der Waals surface area (Å²) in [6, 6.07) is 14.2. The van der Waals surface area contributed by atoms with Crippen LogP contribution < -0.4 is 10.1 Å². The van der Waals surface area contributed by atoms with Gasteiger partial charge in [0.2, 0.25) is 0 Å². The van der Waals surface area contributed by atoms with Crippen LogP contribution in [0.1, 0.15) is 24.5 Å². The van der Waals surface area contributed by atoms with Crippen molar-refractivity contribution < 1.29 is 4.74 Å². The third-order valence-electron chi connectivity index (χ3n) is 3.08. The number of halogens is 1. The normalized spacial score (nSPS) is 10.6. The van der Waals surface area contributed by atoms with Crippen LogP contribution in [0.2, 0.25) is 0 Å². The second-order valence-electron chi connectivity index (χ2n) is 4.80. The molecule has 3 heteroatoms. The fourth-order valence-electron chi connectivity index (χ4n) is 1.96. The van der Waals surface area contributed by atoms with Crippen LogP contribution in [0.3, 0.4) is 0 Å². The Morgan fingerprint density at radius 2 is 1.90 bits per heavy atom. The first kappa shape index (κ1) is 15.1. The van der Waals surface area contributed by atoms with Gasteiger partial charge >= 0.3 is 0 Å². The molecule has 0 amide bonds. The van der Waals surface area contributed by atoms with E-state index in [9.17, 15) is 0 Å². The molecule has 0 radical (unpaired) electrons. The van der Waals surface area contributed by atoms with Gasteiger partial charge in [0, 0.05) is 16.6 Å². The number of ether oxygens (including phenoxy) is 1. The van der Waals surface area contributed by atoms with Crippen LogP contribution in [0.25, 0.3) is 0 Å². The van der Waals surface area contributed by atoms with Crippen LogP contribution in [0, 0.1) is 6.92 Å². The summed E-state index contributed by atoms with van der Waals surface area (Å²) in [6.07, 6.45) is 1.13. The first-order valence-electron chi connectivity index (χ1n) is 6.93. The zero-order chi connectivity index (χ0) is 14.4. The van der Waals surface area contributed by atoms with E-state index in [1.54, 1.807) is 0 Å². The van der Waals surface area contributed by atoms with Gasteiger partial charge in [-0.2, -0.15) is 0 Å². The maximum Gasteiger partial charge on any atom is 0.133 e. The predicted molar refractivity (Wildman–Crippen MR) is 87.4 cm³/mol. The molecule has 2 rings (SSSR count). The summed E-state index contributed by atoms with van der Waals surface area (Å²) in [4.78, 5) is 0. The highest BCUT2D eigenvalue weighted by molar-refractivity contribution is 9.10. The number of aryl methyl sites for hydroxylation is 1. The Labute approximate surface area is 129 Å². The van der Waals surface area contributed by atoms with Crippen LogP contribution in [0.15, 0.2) is 46.9 Å². The van der Waals surface area contributed by atoms with Gasteiger partial charge in [-0.15, -0.1) is 0 Å². The fourth-order valence-corrected chi connectivity index (χ4v) is 2.30. The molecule has 0 aliphatic rings. The first-order valence-corrected chi connectivity index (χ1v) is 7.72. The number of para-hydroxylation sites is 1. The SMILES string of the molecule is CCCNCc1ccc(Br)cc1Oc1ccccc1C. The average Bonchev–Trinajstić information content (AvgIpc) is 2.44. The van der Waals surface area contributed by atoms with Gasteiger partial charge < -0.3 is 10.1 Å². The molecular weight excluding hydrogens is 314 g/mol. The van der Waals surface area contributed by atoms with Crippen molar-refractivity contribution in [3.63, 3.8) is 0 Å². The van der Waals surface area contributed by atoms with Crippen molar-refractivity contribution in [3.05, 3.63) is 58.1 Å². The number of benzene rings is 2. The van der Waals surface area contributed by atoms with Gasteiger partial charge in [-0.05, 0) is 43.7 Å². The van der Waals surface area contributed by atoms with Gasteiger partial charge in [-0.25, -0.2) is 0 Å². The lowest BCUT2D eigenvalue weighted by atomic mass is 10.2. The molecule has 0 saturated carbocycles. The Bertz CT molecular complexity index is 569. The van der Waals surface area contributed by atoms with Crippen LogP contribution in [0.4, 0.5) is 0 Å². The maximum absolute atomic E-state index is 6.08. The van der Waals surface area contributed by atoms with Gasteiger partial charge in [-0.3, -0.25) is 0 Å². The molecule has 2 aromatic rings. The molecule has 1 N–H and O–H groups in total. The standard InChI is InChI=1S/C17H20BrNO/c1-3-10-19-12-14-8-9-15(18)11-17(14)20-16-7-5-4-6-13(16)2/h4-9,11,19H,3,10,12H2,1-2H3. The molecule has 0 aliphatic heterocycles.